The van der Waals surface area contributed by atoms with E-state index in [2.05, 4.69) is 11.8 Å². The van der Waals surface area contributed by atoms with Gasteiger partial charge in [0.25, 0.3) is 0 Å². The van der Waals surface area contributed by atoms with E-state index in [1.54, 1.807) is 24.3 Å². The molecular weight excluding hydrogens is 322 g/mol. The molecule has 3 heteroatoms. The van der Waals surface area contributed by atoms with E-state index in [4.69, 9.17) is 10.00 Å². The Morgan fingerprint density at radius 3 is 2.19 bits per heavy atom. The molecule has 0 aromatic heterocycles. The highest BCUT2D eigenvalue weighted by Crippen LogP contribution is 2.12. The van der Waals surface area contributed by atoms with Gasteiger partial charge in [-0.25, -0.2) is 4.79 Å². The summed E-state index contributed by atoms with van der Waals surface area (Å²) in [5, 5.41) is 8.85. The minimum absolute atomic E-state index is 0.341. The quantitative estimate of drug-likeness (QED) is 0.247. The maximum absolute atomic E-state index is 11.9. The van der Waals surface area contributed by atoms with Crippen LogP contribution in [0.5, 0.6) is 0 Å². The van der Waals surface area contributed by atoms with Gasteiger partial charge in [-0.2, -0.15) is 5.26 Å². The molecule has 0 saturated heterocycles. The summed E-state index contributed by atoms with van der Waals surface area (Å²) in [6, 6.07) is 8.66. The van der Waals surface area contributed by atoms with Gasteiger partial charge in [0.05, 0.1) is 23.8 Å². The van der Waals surface area contributed by atoms with Crippen LogP contribution in [0, 0.1) is 23.2 Å². The van der Waals surface area contributed by atoms with Gasteiger partial charge in [0.2, 0.25) is 0 Å². The zero-order valence-electron chi connectivity index (χ0n) is 16.1. The first-order valence-electron chi connectivity index (χ1n) is 9.85. The van der Waals surface area contributed by atoms with Crippen molar-refractivity contribution in [2.24, 2.45) is 0 Å². The first kappa shape index (κ1) is 21.8. The van der Waals surface area contributed by atoms with E-state index in [0.29, 0.717) is 17.7 Å². The Morgan fingerprint density at radius 2 is 1.58 bits per heavy atom. The Morgan fingerprint density at radius 1 is 0.962 bits per heavy atom. The van der Waals surface area contributed by atoms with Crippen molar-refractivity contribution in [2.45, 2.75) is 77.6 Å². The fraction of sp³-hybridized carbons (Fsp3) is 0.565. The largest absolute Gasteiger partial charge is 0.462 e. The van der Waals surface area contributed by atoms with Gasteiger partial charge in [0.1, 0.15) is 0 Å². The van der Waals surface area contributed by atoms with Crippen LogP contribution in [0.4, 0.5) is 0 Å². The zero-order chi connectivity index (χ0) is 18.9. The smallest absolute Gasteiger partial charge is 0.338 e. The monoisotopic (exact) mass is 353 g/mol. The third-order valence-corrected chi connectivity index (χ3v) is 4.33. The number of nitrogens with zero attached hydrogens (tertiary/aromatic N) is 1. The van der Waals surface area contributed by atoms with Crippen LogP contribution in [-0.2, 0) is 4.74 Å². The molecule has 3 nitrogen and oxygen atoms in total. The standard InChI is InChI=1S/C23H31NO2/c1-2-3-4-5-6-7-8-9-10-11-12-13-14-18-26-23(25)22-17-15-16-21(19-22)20-24/h15-17,19H,4-14,18H2,1H3. The predicted octanol–water partition coefficient (Wildman–Crippen LogP) is 6.03. The third-order valence-electron chi connectivity index (χ3n) is 4.33. The van der Waals surface area contributed by atoms with Gasteiger partial charge in [-0.3, -0.25) is 0 Å². The molecule has 1 aromatic carbocycles. The topological polar surface area (TPSA) is 50.1 Å². The summed E-state index contributed by atoms with van der Waals surface area (Å²) in [4.78, 5) is 11.9. The first-order chi connectivity index (χ1) is 12.8. The van der Waals surface area contributed by atoms with E-state index < -0.39 is 0 Å². The van der Waals surface area contributed by atoms with Gasteiger partial charge in [-0.15, -0.1) is 11.8 Å². The summed E-state index contributed by atoms with van der Waals surface area (Å²) in [6.45, 7) is 2.36. The molecule has 0 aliphatic rings. The second-order valence-corrected chi connectivity index (χ2v) is 6.54. The average molecular weight is 354 g/mol. The summed E-state index contributed by atoms with van der Waals surface area (Å²) in [5.41, 5.74) is 0.930. The lowest BCUT2D eigenvalue weighted by Gasteiger charge is -2.05. The van der Waals surface area contributed by atoms with Crippen LogP contribution in [0.15, 0.2) is 24.3 Å². The van der Waals surface area contributed by atoms with Crippen molar-refractivity contribution >= 4 is 5.97 Å². The maximum atomic E-state index is 11.9. The molecule has 0 radical (unpaired) electrons. The Balaban J connectivity index is 1.92. The molecule has 0 spiro atoms. The fourth-order valence-electron chi connectivity index (χ4n) is 2.82. The molecule has 0 fully saturated rings. The van der Waals surface area contributed by atoms with Gasteiger partial charge in [-0.05, 0) is 38.0 Å². The molecule has 0 bridgehead atoms. The van der Waals surface area contributed by atoms with E-state index >= 15 is 0 Å². The predicted molar refractivity (Wildman–Crippen MR) is 106 cm³/mol. The number of benzene rings is 1. The van der Waals surface area contributed by atoms with Crippen molar-refractivity contribution in [1.82, 2.24) is 0 Å². The molecule has 1 rings (SSSR count). The Hall–Kier alpha value is -2.26. The molecular formula is C23H31NO2. The molecule has 26 heavy (non-hydrogen) atoms. The van der Waals surface area contributed by atoms with Crippen molar-refractivity contribution in [2.75, 3.05) is 6.61 Å². The highest BCUT2D eigenvalue weighted by Gasteiger charge is 2.07. The number of nitriles is 1. The normalized spacial score (nSPS) is 9.85. The number of rotatable bonds is 13. The van der Waals surface area contributed by atoms with Crippen molar-refractivity contribution in [1.29, 1.82) is 5.26 Å². The number of hydrogen-bond donors (Lipinski definition) is 0. The SMILES string of the molecule is CC#CCCCCCCCCCCCCOC(=O)c1cccc(C#N)c1. The van der Waals surface area contributed by atoms with Gasteiger partial charge >= 0.3 is 5.97 Å². The number of carbonyl (C=O) groups excluding carboxylic acids is 1. The molecule has 0 atom stereocenters. The van der Waals surface area contributed by atoms with Crippen LogP contribution in [-0.4, -0.2) is 12.6 Å². The van der Waals surface area contributed by atoms with Crippen LogP contribution in [0.25, 0.3) is 0 Å². The van der Waals surface area contributed by atoms with Crippen LogP contribution >= 0.6 is 0 Å². The van der Waals surface area contributed by atoms with Gasteiger partial charge in [0, 0.05) is 6.42 Å². The molecule has 0 aliphatic carbocycles. The van der Waals surface area contributed by atoms with Crippen molar-refractivity contribution < 1.29 is 9.53 Å². The second kappa shape index (κ2) is 15.0. The molecule has 0 unspecified atom stereocenters. The molecule has 0 aliphatic heterocycles. The highest BCUT2D eigenvalue weighted by atomic mass is 16.5. The van der Waals surface area contributed by atoms with E-state index in [-0.39, 0.29) is 5.97 Å². The van der Waals surface area contributed by atoms with Crippen LogP contribution < -0.4 is 0 Å². The second-order valence-electron chi connectivity index (χ2n) is 6.54. The minimum atomic E-state index is -0.341. The van der Waals surface area contributed by atoms with Crippen LogP contribution in [0.3, 0.4) is 0 Å². The Labute approximate surface area is 158 Å². The van der Waals surface area contributed by atoms with Gasteiger partial charge < -0.3 is 4.74 Å². The lowest BCUT2D eigenvalue weighted by molar-refractivity contribution is 0.0497. The number of carbonyl (C=O) groups is 1. The number of ether oxygens (including phenoxy) is 1. The summed E-state index contributed by atoms with van der Waals surface area (Å²) in [6.07, 6.45) is 13.3. The highest BCUT2D eigenvalue weighted by molar-refractivity contribution is 5.89. The molecule has 140 valence electrons. The summed E-state index contributed by atoms with van der Waals surface area (Å²) in [7, 11) is 0. The zero-order valence-corrected chi connectivity index (χ0v) is 16.1. The Kier molecular flexibility index (Phi) is 12.6. The summed E-state index contributed by atoms with van der Waals surface area (Å²) in [5.74, 6) is 5.71. The lowest BCUT2D eigenvalue weighted by Crippen LogP contribution is -2.06. The minimum Gasteiger partial charge on any atom is -0.462 e. The molecule has 1 aromatic rings. The van der Waals surface area contributed by atoms with E-state index in [1.165, 1.54) is 51.4 Å². The molecule has 0 N–H and O–H groups in total. The van der Waals surface area contributed by atoms with Crippen molar-refractivity contribution in [3.63, 3.8) is 0 Å². The van der Waals surface area contributed by atoms with Gasteiger partial charge in [-0.1, -0.05) is 57.4 Å². The molecule has 0 heterocycles. The number of unbranched alkanes of at least 4 members (excludes halogenated alkanes) is 10. The molecule has 0 amide bonds. The Bertz CT molecular complexity index is 619. The maximum Gasteiger partial charge on any atom is 0.338 e. The first-order valence-corrected chi connectivity index (χ1v) is 9.85. The fourth-order valence-corrected chi connectivity index (χ4v) is 2.82. The number of esters is 1. The summed E-state index contributed by atoms with van der Waals surface area (Å²) >= 11 is 0. The van der Waals surface area contributed by atoms with E-state index in [0.717, 1.165) is 19.3 Å². The van der Waals surface area contributed by atoms with Gasteiger partial charge in [0.15, 0.2) is 0 Å². The summed E-state index contributed by atoms with van der Waals surface area (Å²) < 4.78 is 5.27. The lowest BCUT2D eigenvalue weighted by atomic mass is 10.1. The van der Waals surface area contributed by atoms with E-state index in [1.807, 2.05) is 13.0 Å². The average Bonchev–Trinajstić information content (AvgIpc) is 2.68. The van der Waals surface area contributed by atoms with E-state index in [9.17, 15) is 4.79 Å². The van der Waals surface area contributed by atoms with Crippen LogP contribution in [0.1, 0.15) is 93.5 Å². The van der Waals surface area contributed by atoms with Crippen molar-refractivity contribution in [3.05, 3.63) is 35.4 Å². The van der Waals surface area contributed by atoms with Crippen molar-refractivity contribution in [3.8, 4) is 17.9 Å². The molecule has 0 saturated carbocycles. The number of hydrogen-bond acceptors (Lipinski definition) is 3. The third kappa shape index (κ3) is 10.6. The van der Waals surface area contributed by atoms with Crippen LogP contribution in [0.2, 0.25) is 0 Å².